The zero-order valence-corrected chi connectivity index (χ0v) is 16.5. The van der Waals surface area contributed by atoms with E-state index in [0.717, 1.165) is 45.0 Å². The van der Waals surface area contributed by atoms with Crippen LogP contribution < -0.4 is 10.1 Å². The van der Waals surface area contributed by atoms with Crippen LogP contribution in [0.2, 0.25) is 0 Å². The van der Waals surface area contributed by atoms with Gasteiger partial charge >= 0.3 is 0 Å². The molecule has 1 N–H and O–H groups in total. The molecule has 1 saturated heterocycles. The van der Waals surface area contributed by atoms with Crippen molar-refractivity contribution in [3.05, 3.63) is 66.2 Å². The number of carbonyl (C=O) groups excluding carboxylic acids is 1. The summed E-state index contributed by atoms with van der Waals surface area (Å²) in [7, 11) is 1.61. The Hall–Kier alpha value is -2.63. The molecular formula is C23H29N3O2. The Morgan fingerprint density at radius 3 is 2.43 bits per heavy atom. The number of benzene rings is 2. The summed E-state index contributed by atoms with van der Waals surface area (Å²) in [6, 6.07) is 17.9. The SMILES string of the molecule is COc1ccccc1NC(=O)CCN1CCN(C/C=C\c2ccccc2)CC1. The Morgan fingerprint density at radius 1 is 1.00 bits per heavy atom. The van der Waals surface area contributed by atoms with Crippen LogP contribution >= 0.6 is 0 Å². The number of piperazine rings is 1. The predicted molar refractivity (Wildman–Crippen MR) is 115 cm³/mol. The van der Waals surface area contributed by atoms with Crippen LogP contribution in [0.15, 0.2) is 60.7 Å². The van der Waals surface area contributed by atoms with Crippen molar-refractivity contribution in [2.75, 3.05) is 51.7 Å². The molecule has 0 spiro atoms. The Labute approximate surface area is 167 Å². The van der Waals surface area contributed by atoms with Crippen LogP contribution in [0.25, 0.3) is 6.08 Å². The van der Waals surface area contributed by atoms with Gasteiger partial charge in [0.2, 0.25) is 5.91 Å². The summed E-state index contributed by atoms with van der Waals surface area (Å²) < 4.78 is 5.28. The summed E-state index contributed by atoms with van der Waals surface area (Å²) >= 11 is 0. The Bertz CT molecular complexity index is 768. The zero-order valence-electron chi connectivity index (χ0n) is 16.5. The van der Waals surface area contributed by atoms with Crippen molar-refractivity contribution >= 4 is 17.7 Å². The number of anilines is 1. The lowest BCUT2D eigenvalue weighted by Gasteiger charge is -2.34. The Morgan fingerprint density at radius 2 is 1.68 bits per heavy atom. The van der Waals surface area contributed by atoms with Gasteiger partial charge in [-0.2, -0.15) is 0 Å². The fraction of sp³-hybridized carbons (Fsp3) is 0.348. The summed E-state index contributed by atoms with van der Waals surface area (Å²) in [5.41, 5.74) is 1.97. The highest BCUT2D eigenvalue weighted by Gasteiger charge is 2.17. The fourth-order valence-electron chi connectivity index (χ4n) is 3.32. The van der Waals surface area contributed by atoms with Crippen molar-refractivity contribution in [2.45, 2.75) is 6.42 Å². The smallest absolute Gasteiger partial charge is 0.225 e. The predicted octanol–water partition coefficient (Wildman–Crippen LogP) is 3.35. The van der Waals surface area contributed by atoms with Crippen molar-refractivity contribution in [3.8, 4) is 5.75 Å². The van der Waals surface area contributed by atoms with E-state index in [9.17, 15) is 4.79 Å². The minimum Gasteiger partial charge on any atom is -0.495 e. The van der Waals surface area contributed by atoms with Gasteiger partial charge in [-0.1, -0.05) is 54.6 Å². The van der Waals surface area contributed by atoms with Gasteiger partial charge in [0.15, 0.2) is 0 Å². The van der Waals surface area contributed by atoms with Crippen LogP contribution in [-0.2, 0) is 4.79 Å². The highest BCUT2D eigenvalue weighted by Crippen LogP contribution is 2.23. The van der Waals surface area contributed by atoms with Gasteiger partial charge in [-0.15, -0.1) is 0 Å². The minimum absolute atomic E-state index is 0.0257. The van der Waals surface area contributed by atoms with E-state index < -0.39 is 0 Å². The maximum atomic E-state index is 12.3. The second kappa shape index (κ2) is 10.6. The molecule has 0 bridgehead atoms. The molecule has 5 heteroatoms. The first-order valence-electron chi connectivity index (χ1n) is 9.84. The molecule has 148 valence electrons. The molecule has 0 radical (unpaired) electrons. The highest BCUT2D eigenvalue weighted by molar-refractivity contribution is 5.92. The van der Waals surface area contributed by atoms with Crippen LogP contribution in [0.1, 0.15) is 12.0 Å². The van der Waals surface area contributed by atoms with E-state index in [1.165, 1.54) is 5.56 Å². The monoisotopic (exact) mass is 379 g/mol. The number of hydrogen-bond acceptors (Lipinski definition) is 4. The molecule has 0 saturated carbocycles. The molecule has 0 aromatic heterocycles. The van der Waals surface area contributed by atoms with Crippen LogP contribution in [0.5, 0.6) is 5.75 Å². The number of nitrogens with one attached hydrogen (secondary N) is 1. The van der Waals surface area contributed by atoms with Crippen molar-refractivity contribution in [2.24, 2.45) is 0 Å². The van der Waals surface area contributed by atoms with Gasteiger partial charge in [-0.25, -0.2) is 0 Å². The standard InChI is InChI=1S/C23H29N3O2/c1-28-22-12-6-5-11-21(22)24-23(27)13-15-26-18-16-25(17-19-26)14-7-10-20-8-3-2-4-9-20/h2-12H,13-19H2,1H3,(H,24,27)/b10-7-. The fourth-order valence-corrected chi connectivity index (χ4v) is 3.32. The molecule has 3 rings (SSSR count). The molecule has 1 aliphatic rings. The molecule has 1 aliphatic heterocycles. The van der Waals surface area contributed by atoms with E-state index in [2.05, 4.69) is 51.5 Å². The summed E-state index contributed by atoms with van der Waals surface area (Å²) in [5, 5.41) is 2.94. The van der Waals surface area contributed by atoms with Crippen molar-refractivity contribution < 1.29 is 9.53 Å². The molecule has 1 heterocycles. The average Bonchev–Trinajstić information content (AvgIpc) is 2.74. The number of carbonyl (C=O) groups is 1. The molecule has 0 unspecified atom stereocenters. The first-order valence-corrected chi connectivity index (χ1v) is 9.84. The third-order valence-electron chi connectivity index (χ3n) is 4.97. The van der Waals surface area contributed by atoms with Gasteiger partial charge in [0.1, 0.15) is 5.75 Å². The van der Waals surface area contributed by atoms with Crippen molar-refractivity contribution in [1.29, 1.82) is 0 Å². The molecule has 28 heavy (non-hydrogen) atoms. The number of methoxy groups -OCH3 is 1. The molecule has 1 amide bonds. The first kappa shape index (κ1) is 20.1. The summed E-state index contributed by atoms with van der Waals surface area (Å²) in [4.78, 5) is 17.1. The van der Waals surface area contributed by atoms with E-state index in [0.29, 0.717) is 12.2 Å². The third kappa shape index (κ3) is 6.22. The molecule has 5 nitrogen and oxygen atoms in total. The van der Waals surface area contributed by atoms with Gasteiger partial charge in [0.05, 0.1) is 12.8 Å². The Balaban J connectivity index is 1.35. The number of ether oxygens (including phenoxy) is 1. The minimum atomic E-state index is 0.0257. The summed E-state index contributed by atoms with van der Waals surface area (Å²) in [6.07, 6.45) is 4.90. The molecule has 2 aromatic carbocycles. The molecular weight excluding hydrogens is 350 g/mol. The first-order chi connectivity index (χ1) is 13.7. The quantitative estimate of drug-likeness (QED) is 0.764. The average molecular weight is 380 g/mol. The summed E-state index contributed by atoms with van der Waals surface area (Å²) in [6.45, 7) is 5.83. The van der Waals surface area contributed by atoms with Crippen LogP contribution in [0.4, 0.5) is 5.69 Å². The zero-order chi connectivity index (χ0) is 19.6. The largest absolute Gasteiger partial charge is 0.495 e. The van der Waals surface area contributed by atoms with Crippen molar-refractivity contribution in [1.82, 2.24) is 9.80 Å². The highest BCUT2D eigenvalue weighted by atomic mass is 16.5. The second-order valence-electron chi connectivity index (χ2n) is 6.95. The lowest BCUT2D eigenvalue weighted by molar-refractivity contribution is -0.116. The maximum Gasteiger partial charge on any atom is 0.225 e. The van der Waals surface area contributed by atoms with Gasteiger partial charge in [0.25, 0.3) is 0 Å². The molecule has 0 atom stereocenters. The molecule has 1 fully saturated rings. The second-order valence-corrected chi connectivity index (χ2v) is 6.95. The topological polar surface area (TPSA) is 44.8 Å². The number of hydrogen-bond donors (Lipinski definition) is 1. The van der Waals surface area contributed by atoms with E-state index in [-0.39, 0.29) is 5.91 Å². The normalized spacial score (nSPS) is 15.6. The number of para-hydroxylation sites is 2. The van der Waals surface area contributed by atoms with E-state index >= 15 is 0 Å². The lowest BCUT2D eigenvalue weighted by atomic mass is 10.2. The van der Waals surface area contributed by atoms with Gasteiger partial charge in [-0.3, -0.25) is 9.69 Å². The number of nitrogens with zero attached hydrogens (tertiary/aromatic N) is 2. The van der Waals surface area contributed by atoms with E-state index in [4.69, 9.17) is 4.74 Å². The van der Waals surface area contributed by atoms with Gasteiger partial charge in [-0.05, 0) is 17.7 Å². The van der Waals surface area contributed by atoms with Gasteiger partial charge in [0, 0.05) is 45.7 Å². The third-order valence-corrected chi connectivity index (χ3v) is 4.97. The van der Waals surface area contributed by atoms with Crippen LogP contribution in [-0.4, -0.2) is 62.1 Å². The maximum absolute atomic E-state index is 12.3. The van der Waals surface area contributed by atoms with Crippen LogP contribution in [0, 0.1) is 0 Å². The molecule has 0 aliphatic carbocycles. The molecule has 2 aromatic rings. The summed E-state index contributed by atoms with van der Waals surface area (Å²) in [5.74, 6) is 0.714. The van der Waals surface area contributed by atoms with E-state index in [1.807, 2.05) is 30.3 Å². The van der Waals surface area contributed by atoms with E-state index in [1.54, 1.807) is 7.11 Å². The van der Waals surface area contributed by atoms with Crippen molar-refractivity contribution in [3.63, 3.8) is 0 Å². The van der Waals surface area contributed by atoms with Crippen LogP contribution in [0.3, 0.4) is 0 Å². The Kier molecular flexibility index (Phi) is 7.64. The lowest BCUT2D eigenvalue weighted by Crippen LogP contribution is -2.46. The number of rotatable bonds is 8. The van der Waals surface area contributed by atoms with Gasteiger partial charge < -0.3 is 15.0 Å². The number of amides is 1.